The topological polar surface area (TPSA) is 49.3 Å². The standard InChI is InChI=1S/C22H32N4OS/c1-6-17(27)25-9-11-26(12-10-25)19-18-15-8-7-14(2)13-16(15)28-20(18)24-21(23-19)22(3,4)5/h14H,6-13H2,1-5H3. The van der Waals surface area contributed by atoms with E-state index in [1.807, 2.05) is 23.2 Å². The van der Waals surface area contributed by atoms with Crippen LogP contribution in [-0.4, -0.2) is 47.0 Å². The molecular formula is C22H32N4OS. The first-order valence-corrected chi connectivity index (χ1v) is 11.4. The van der Waals surface area contributed by atoms with E-state index in [2.05, 4.69) is 32.6 Å². The molecule has 1 amide bonds. The fraction of sp³-hybridized carbons (Fsp3) is 0.682. The van der Waals surface area contributed by atoms with Crippen molar-refractivity contribution in [3.8, 4) is 0 Å². The number of hydrogen-bond donors (Lipinski definition) is 0. The number of piperazine rings is 1. The molecule has 0 aromatic carbocycles. The number of thiophene rings is 1. The van der Waals surface area contributed by atoms with Gasteiger partial charge in [-0.2, -0.15) is 0 Å². The van der Waals surface area contributed by atoms with Crippen molar-refractivity contribution in [3.05, 3.63) is 16.3 Å². The summed E-state index contributed by atoms with van der Waals surface area (Å²) < 4.78 is 0. The molecule has 0 spiro atoms. The second kappa shape index (κ2) is 7.29. The first-order valence-electron chi connectivity index (χ1n) is 10.6. The van der Waals surface area contributed by atoms with Crippen molar-refractivity contribution >= 4 is 33.3 Å². The summed E-state index contributed by atoms with van der Waals surface area (Å²) in [7, 11) is 0. The van der Waals surface area contributed by atoms with Gasteiger partial charge < -0.3 is 9.80 Å². The van der Waals surface area contributed by atoms with Crippen molar-refractivity contribution in [2.45, 2.75) is 65.7 Å². The summed E-state index contributed by atoms with van der Waals surface area (Å²) in [6, 6.07) is 0. The summed E-state index contributed by atoms with van der Waals surface area (Å²) in [4.78, 5) is 29.2. The van der Waals surface area contributed by atoms with Gasteiger partial charge in [0.25, 0.3) is 0 Å². The summed E-state index contributed by atoms with van der Waals surface area (Å²) in [5.41, 5.74) is 1.40. The smallest absolute Gasteiger partial charge is 0.222 e. The fourth-order valence-electron chi connectivity index (χ4n) is 4.28. The zero-order chi connectivity index (χ0) is 20.1. The average Bonchev–Trinajstić information content (AvgIpc) is 3.03. The highest BCUT2D eigenvalue weighted by Crippen LogP contribution is 2.42. The number of nitrogens with zero attached hydrogens (tertiary/aromatic N) is 4. The second-order valence-electron chi connectivity index (χ2n) is 9.37. The maximum Gasteiger partial charge on any atom is 0.222 e. The largest absolute Gasteiger partial charge is 0.352 e. The van der Waals surface area contributed by atoms with Gasteiger partial charge in [0, 0.05) is 42.9 Å². The van der Waals surface area contributed by atoms with Crippen molar-refractivity contribution in [1.29, 1.82) is 0 Å². The van der Waals surface area contributed by atoms with Crippen LogP contribution in [0.15, 0.2) is 0 Å². The first-order chi connectivity index (χ1) is 13.3. The van der Waals surface area contributed by atoms with Gasteiger partial charge in [-0.3, -0.25) is 4.79 Å². The van der Waals surface area contributed by atoms with Crippen LogP contribution in [0.1, 0.15) is 63.7 Å². The van der Waals surface area contributed by atoms with Gasteiger partial charge in [0.1, 0.15) is 16.5 Å². The highest BCUT2D eigenvalue weighted by molar-refractivity contribution is 7.19. The molecule has 0 radical (unpaired) electrons. The van der Waals surface area contributed by atoms with Gasteiger partial charge >= 0.3 is 0 Å². The highest BCUT2D eigenvalue weighted by atomic mass is 32.1. The molecule has 28 heavy (non-hydrogen) atoms. The maximum atomic E-state index is 12.1. The van der Waals surface area contributed by atoms with E-state index >= 15 is 0 Å². The van der Waals surface area contributed by atoms with Crippen LogP contribution in [0.2, 0.25) is 0 Å². The molecule has 1 atom stereocenters. The van der Waals surface area contributed by atoms with Crippen molar-refractivity contribution in [2.75, 3.05) is 31.1 Å². The molecule has 0 saturated carbocycles. The van der Waals surface area contributed by atoms with Crippen LogP contribution >= 0.6 is 11.3 Å². The molecule has 0 N–H and O–H groups in total. The molecule has 1 fully saturated rings. The molecule has 6 heteroatoms. The molecule has 4 rings (SSSR count). The number of rotatable bonds is 2. The SMILES string of the molecule is CCC(=O)N1CCN(c2nc(C(C)(C)C)nc3sc4c(c23)CCC(C)C4)CC1. The summed E-state index contributed by atoms with van der Waals surface area (Å²) in [6.07, 6.45) is 4.13. The van der Waals surface area contributed by atoms with Crippen LogP contribution in [0.4, 0.5) is 5.82 Å². The highest BCUT2D eigenvalue weighted by Gasteiger charge is 2.30. The van der Waals surface area contributed by atoms with E-state index in [0.29, 0.717) is 6.42 Å². The summed E-state index contributed by atoms with van der Waals surface area (Å²) >= 11 is 1.88. The summed E-state index contributed by atoms with van der Waals surface area (Å²) in [6.45, 7) is 14.1. The molecule has 3 heterocycles. The molecule has 152 valence electrons. The van der Waals surface area contributed by atoms with Crippen LogP contribution in [0.3, 0.4) is 0 Å². The number of hydrogen-bond acceptors (Lipinski definition) is 5. The lowest BCUT2D eigenvalue weighted by molar-refractivity contribution is -0.131. The molecular weight excluding hydrogens is 368 g/mol. The number of carbonyl (C=O) groups is 1. The normalized spacial score (nSPS) is 20.5. The van der Waals surface area contributed by atoms with Crippen LogP contribution < -0.4 is 4.90 Å². The third-order valence-electron chi connectivity index (χ3n) is 6.04. The molecule has 2 aromatic heterocycles. The second-order valence-corrected chi connectivity index (χ2v) is 10.5. The van der Waals surface area contributed by atoms with E-state index in [1.54, 1.807) is 0 Å². The Morgan fingerprint density at radius 1 is 1.18 bits per heavy atom. The molecule has 2 aliphatic rings. The Bertz CT molecular complexity index is 890. The Morgan fingerprint density at radius 2 is 1.89 bits per heavy atom. The molecule has 5 nitrogen and oxygen atoms in total. The average molecular weight is 401 g/mol. The minimum absolute atomic E-state index is 0.0826. The number of carbonyl (C=O) groups excluding carboxylic acids is 1. The quantitative estimate of drug-likeness (QED) is 0.759. The van der Waals surface area contributed by atoms with E-state index in [1.165, 1.54) is 28.7 Å². The van der Waals surface area contributed by atoms with E-state index in [-0.39, 0.29) is 11.3 Å². The van der Waals surface area contributed by atoms with Crippen LogP contribution in [0.25, 0.3) is 10.2 Å². The van der Waals surface area contributed by atoms with E-state index in [0.717, 1.165) is 55.0 Å². The van der Waals surface area contributed by atoms with E-state index < -0.39 is 0 Å². The lowest BCUT2D eigenvalue weighted by Crippen LogP contribution is -2.49. The zero-order valence-electron chi connectivity index (χ0n) is 17.8. The zero-order valence-corrected chi connectivity index (χ0v) is 18.7. The number of amides is 1. The fourth-order valence-corrected chi connectivity index (χ4v) is 5.66. The monoisotopic (exact) mass is 400 g/mol. The summed E-state index contributed by atoms with van der Waals surface area (Å²) in [5.74, 6) is 3.03. The number of aryl methyl sites for hydroxylation is 1. The molecule has 0 bridgehead atoms. The van der Waals surface area contributed by atoms with Gasteiger partial charge in [0.2, 0.25) is 5.91 Å². The van der Waals surface area contributed by atoms with Gasteiger partial charge in [-0.1, -0.05) is 34.6 Å². The molecule has 1 unspecified atom stereocenters. The van der Waals surface area contributed by atoms with Crippen molar-refractivity contribution in [2.24, 2.45) is 5.92 Å². The number of fused-ring (bicyclic) bond motifs is 3. The Morgan fingerprint density at radius 3 is 2.54 bits per heavy atom. The number of anilines is 1. The minimum Gasteiger partial charge on any atom is -0.352 e. The Hall–Kier alpha value is -1.69. The van der Waals surface area contributed by atoms with Crippen LogP contribution in [-0.2, 0) is 23.1 Å². The van der Waals surface area contributed by atoms with Gasteiger partial charge in [-0.25, -0.2) is 9.97 Å². The van der Waals surface area contributed by atoms with E-state index in [9.17, 15) is 4.79 Å². The molecule has 1 aliphatic heterocycles. The minimum atomic E-state index is -0.0826. The van der Waals surface area contributed by atoms with Crippen molar-refractivity contribution < 1.29 is 4.79 Å². The molecule has 2 aromatic rings. The molecule has 1 aliphatic carbocycles. The van der Waals surface area contributed by atoms with Crippen LogP contribution in [0.5, 0.6) is 0 Å². The van der Waals surface area contributed by atoms with Crippen molar-refractivity contribution in [3.63, 3.8) is 0 Å². The first kappa shape index (κ1) is 19.6. The van der Waals surface area contributed by atoms with Crippen LogP contribution in [0, 0.1) is 5.92 Å². The predicted octanol–water partition coefficient (Wildman–Crippen LogP) is 4.17. The van der Waals surface area contributed by atoms with Gasteiger partial charge in [0.05, 0.1) is 5.39 Å². The third-order valence-corrected chi connectivity index (χ3v) is 7.19. The van der Waals surface area contributed by atoms with Gasteiger partial charge in [-0.15, -0.1) is 11.3 Å². The lowest BCUT2D eigenvalue weighted by Gasteiger charge is -2.36. The Balaban J connectivity index is 1.77. The Kier molecular flexibility index (Phi) is 5.10. The predicted molar refractivity (Wildman–Crippen MR) is 116 cm³/mol. The maximum absolute atomic E-state index is 12.1. The summed E-state index contributed by atoms with van der Waals surface area (Å²) in [5, 5.41) is 1.29. The number of aromatic nitrogens is 2. The molecule has 1 saturated heterocycles. The Labute approximate surface area is 172 Å². The van der Waals surface area contributed by atoms with Crippen molar-refractivity contribution in [1.82, 2.24) is 14.9 Å². The lowest BCUT2D eigenvalue weighted by atomic mass is 9.89. The van der Waals surface area contributed by atoms with E-state index in [4.69, 9.17) is 9.97 Å². The van der Waals surface area contributed by atoms with Gasteiger partial charge in [-0.05, 0) is 30.7 Å². The third kappa shape index (κ3) is 3.51. The van der Waals surface area contributed by atoms with Gasteiger partial charge in [0.15, 0.2) is 0 Å².